The fourth-order valence-corrected chi connectivity index (χ4v) is 2.05. The molecule has 3 nitrogen and oxygen atoms in total. The number of carbonyl (C=O) groups is 1. The normalized spacial score (nSPS) is 14.2. The van der Waals surface area contributed by atoms with Crippen LogP contribution in [0.4, 0.5) is 9.18 Å². The Balaban J connectivity index is 1.82. The van der Waals surface area contributed by atoms with Crippen LogP contribution in [0.15, 0.2) is 24.3 Å². The standard InChI is InChI=1S/C15H21FN2O/c1-2-9-18(11-13-3-4-13)15(19)17-10-12-5-7-14(16)8-6-12/h5-8,13H,2-4,9-11H2,1H3,(H,17,19). The molecule has 1 fully saturated rings. The van der Waals surface area contributed by atoms with Crippen LogP contribution >= 0.6 is 0 Å². The lowest BCUT2D eigenvalue weighted by molar-refractivity contribution is 0.195. The van der Waals surface area contributed by atoms with Crippen molar-refractivity contribution >= 4 is 6.03 Å². The third-order valence-corrected chi connectivity index (χ3v) is 3.31. The zero-order valence-corrected chi connectivity index (χ0v) is 11.4. The maximum absolute atomic E-state index is 12.8. The fraction of sp³-hybridized carbons (Fsp3) is 0.533. The van der Waals surface area contributed by atoms with Crippen LogP contribution in [0, 0.1) is 11.7 Å². The van der Waals surface area contributed by atoms with Crippen molar-refractivity contribution in [2.24, 2.45) is 5.92 Å². The molecule has 0 aromatic heterocycles. The van der Waals surface area contributed by atoms with Crippen molar-refractivity contribution in [1.29, 1.82) is 0 Å². The van der Waals surface area contributed by atoms with Crippen LogP contribution in [-0.4, -0.2) is 24.0 Å². The summed E-state index contributed by atoms with van der Waals surface area (Å²) in [6.45, 7) is 4.19. The van der Waals surface area contributed by atoms with E-state index in [0.29, 0.717) is 12.5 Å². The Kier molecular flexibility index (Phi) is 4.77. The molecule has 0 saturated heterocycles. The van der Waals surface area contributed by atoms with Crippen LogP contribution < -0.4 is 5.32 Å². The number of benzene rings is 1. The first-order valence-electron chi connectivity index (χ1n) is 6.96. The summed E-state index contributed by atoms with van der Waals surface area (Å²) in [5.74, 6) is 0.444. The van der Waals surface area contributed by atoms with E-state index in [1.807, 2.05) is 4.90 Å². The molecule has 0 heterocycles. The van der Waals surface area contributed by atoms with Gasteiger partial charge < -0.3 is 10.2 Å². The highest BCUT2D eigenvalue weighted by atomic mass is 19.1. The SMILES string of the molecule is CCCN(CC1CC1)C(=O)NCc1ccc(F)cc1. The molecule has 0 unspecified atom stereocenters. The molecule has 0 bridgehead atoms. The number of nitrogens with zero attached hydrogens (tertiary/aromatic N) is 1. The van der Waals surface area contributed by atoms with Gasteiger partial charge in [-0.25, -0.2) is 9.18 Å². The first-order valence-corrected chi connectivity index (χ1v) is 6.96. The molecular formula is C15H21FN2O. The summed E-state index contributed by atoms with van der Waals surface area (Å²) >= 11 is 0. The van der Waals surface area contributed by atoms with Gasteiger partial charge in [0.25, 0.3) is 0 Å². The van der Waals surface area contributed by atoms with E-state index >= 15 is 0 Å². The van der Waals surface area contributed by atoms with Crippen molar-refractivity contribution in [2.45, 2.75) is 32.7 Å². The molecule has 104 valence electrons. The number of halogens is 1. The lowest BCUT2D eigenvalue weighted by Crippen LogP contribution is -2.41. The molecule has 1 saturated carbocycles. The molecule has 0 aliphatic heterocycles. The van der Waals surface area contributed by atoms with Crippen LogP contribution in [0.5, 0.6) is 0 Å². The summed E-state index contributed by atoms with van der Waals surface area (Å²) in [5.41, 5.74) is 0.914. The predicted molar refractivity (Wildman–Crippen MR) is 73.2 cm³/mol. The van der Waals surface area contributed by atoms with Crippen LogP contribution in [0.3, 0.4) is 0 Å². The second-order valence-corrected chi connectivity index (χ2v) is 5.17. The second kappa shape index (κ2) is 6.55. The lowest BCUT2D eigenvalue weighted by atomic mass is 10.2. The lowest BCUT2D eigenvalue weighted by Gasteiger charge is -2.22. The van der Waals surface area contributed by atoms with Crippen LogP contribution in [0.2, 0.25) is 0 Å². The summed E-state index contributed by atoms with van der Waals surface area (Å²) in [7, 11) is 0. The number of nitrogens with one attached hydrogen (secondary N) is 1. The average molecular weight is 264 g/mol. The largest absolute Gasteiger partial charge is 0.334 e. The fourth-order valence-electron chi connectivity index (χ4n) is 2.05. The minimum atomic E-state index is -0.253. The van der Waals surface area contributed by atoms with E-state index in [1.165, 1.54) is 25.0 Å². The Morgan fingerprint density at radius 1 is 1.37 bits per heavy atom. The van der Waals surface area contributed by atoms with Gasteiger partial charge in [-0.2, -0.15) is 0 Å². The Hall–Kier alpha value is -1.58. The van der Waals surface area contributed by atoms with Gasteiger partial charge in [-0.15, -0.1) is 0 Å². The highest BCUT2D eigenvalue weighted by molar-refractivity contribution is 5.74. The molecule has 1 aliphatic carbocycles. The predicted octanol–water partition coefficient (Wildman–Crippen LogP) is 3.16. The van der Waals surface area contributed by atoms with Gasteiger partial charge in [0.15, 0.2) is 0 Å². The molecule has 1 N–H and O–H groups in total. The summed E-state index contributed by atoms with van der Waals surface area (Å²) in [5, 5.41) is 2.90. The van der Waals surface area contributed by atoms with Gasteiger partial charge in [0.1, 0.15) is 5.82 Å². The van der Waals surface area contributed by atoms with Gasteiger partial charge in [0.05, 0.1) is 0 Å². The first kappa shape index (κ1) is 13.8. The Labute approximate surface area is 113 Å². The monoisotopic (exact) mass is 264 g/mol. The third kappa shape index (κ3) is 4.54. The van der Waals surface area contributed by atoms with Crippen molar-refractivity contribution in [1.82, 2.24) is 10.2 Å². The van der Waals surface area contributed by atoms with E-state index < -0.39 is 0 Å². The molecule has 0 spiro atoms. The minimum Gasteiger partial charge on any atom is -0.334 e. The van der Waals surface area contributed by atoms with E-state index in [4.69, 9.17) is 0 Å². The molecule has 1 aliphatic rings. The van der Waals surface area contributed by atoms with Gasteiger partial charge in [-0.1, -0.05) is 19.1 Å². The topological polar surface area (TPSA) is 32.3 Å². The molecule has 4 heteroatoms. The summed E-state index contributed by atoms with van der Waals surface area (Å²) in [6, 6.07) is 6.20. The minimum absolute atomic E-state index is 0.0157. The Morgan fingerprint density at radius 3 is 2.63 bits per heavy atom. The summed E-state index contributed by atoms with van der Waals surface area (Å²) < 4.78 is 12.8. The van der Waals surface area contributed by atoms with Gasteiger partial charge in [-0.05, 0) is 42.9 Å². The summed E-state index contributed by atoms with van der Waals surface area (Å²) in [6.07, 6.45) is 3.45. The molecule has 2 rings (SSSR count). The number of urea groups is 1. The van der Waals surface area contributed by atoms with Crippen LogP contribution in [-0.2, 0) is 6.54 Å². The number of amides is 2. The van der Waals surface area contributed by atoms with Crippen molar-refractivity contribution < 1.29 is 9.18 Å². The zero-order valence-electron chi connectivity index (χ0n) is 11.4. The number of hydrogen-bond acceptors (Lipinski definition) is 1. The van der Waals surface area contributed by atoms with Gasteiger partial charge in [0, 0.05) is 19.6 Å². The van der Waals surface area contributed by atoms with E-state index in [2.05, 4.69) is 12.2 Å². The molecule has 2 amide bonds. The molecule has 1 aromatic rings. The number of hydrogen-bond donors (Lipinski definition) is 1. The van der Waals surface area contributed by atoms with Crippen molar-refractivity contribution in [2.75, 3.05) is 13.1 Å². The van der Waals surface area contributed by atoms with Crippen molar-refractivity contribution in [3.05, 3.63) is 35.6 Å². The van der Waals surface area contributed by atoms with Crippen LogP contribution in [0.25, 0.3) is 0 Å². The third-order valence-electron chi connectivity index (χ3n) is 3.31. The molecule has 19 heavy (non-hydrogen) atoms. The van der Waals surface area contributed by atoms with Crippen molar-refractivity contribution in [3.63, 3.8) is 0 Å². The van der Waals surface area contributed by atoms with Gasteiger partial charge in [0.2, 0.25) is 0 Å². The summed E-state index contributed by atoms with van der Waals surface area (Å²) in [4.78, 5) is 14.0. The number of carbonyl (C=O) groups excluding carboxylic acids is 1. The Morgan fingerprint density at radius 2 is 2.05 bits per heavy atom. The second-order valence-electron chi connectivity index (χ2n) is 5.17. The Bertz CT molecular complexity index is 415. The number of rotatable bonds is 6. The maximum Gasteiger partial charge on any atom is 0.317 e. The first-order chi connectivity index (χ1) is 9.19. The van der Waals surface area contributed by atoms with E-state index in [1.54, 1.807) is 12.1 Å². The molecule has 0 radical (unpaired) electrons. The van der Waals surface area contributed by atoms with Crippen molar-refractivity contribution in [3.8, 4) is 0 Å². The van der Waals surface area contributed by atoms with Crippen LogP contribution in [0.1, 0.15) is 31.7 Å². The maximum atomic E-state index is 12.8. The quantitative estimate of drug-likeness (QED) is 0.841. The molecular weight excluding hydrogens is 243 g/mol. The average Bonchev–Trinajstić information content (AvgIpc) is 3.21. The molecule has 0 atom stereocenters. The molecule has 1 aromatic carbocycles. The van der Waals surface area contributed by atoms with E-state index in [9.17, 15) is 9.18 Å². The highest BCUT2D eigenvalue weighted by Gasteiger charge is 2.26. The van der Waals surface area contributed by atoms with E-state index in [-0.39, 0.29) is 11.8 Å². The smallest absolute Gasteiger partial charge is 0.317 e. The van der Waals surface area contributed by atoms with E-state index in [0.717, 1.165) is 25.1 Å². The van der Waals surface area contributed by atoms with Gasteiger partial charge >= 0.3 is 6.03 Å². The van der Waals surface area contributed by atoms with Gasteiger partial charge in [-0.3, -0.25) is 0 Å². The zero-order chi connectivity index (χ0) is 13.7. The highest BCUT2D eigenvalue weighted by Crippen LogP contribution is 2.29.